The molecular formula is C14H24N2O4S. The van der Waals surface area contributed by atoms with Gasteiger partial charge >= 0.3 is 0 Å². The number of nitrogens with zero attached hydrogens (tertiary/aromatic N) is 1. The van der Waals surface area contributed by atoms with Crippen LogP contribution in [0, 0.1) is 0 Å². The summed E-state index contributed by atoms with van der Waals surface area (Å²) in [5, 5.41) is 0. The smallest absolute Gasteiger partial charge is 0.243 e. The lowest BCUT2D eigenvalue weighted by atomic mass is 10.2. The Morgan fingerprint density at radius 1 is 1.05 bits per heavy atom. The zero-order valence-electron chi connectivity index (χ0n) is 12.6. The van der Waals surface area contributed by atoms with Crippen molar-refractivity contribution in [1.82, 2.24) is 4.31 Å². The normalized spacial score (nSPS) is 12.0. The number of benzene rings is 1. The van der Waals surface area contributed by atoms with Crippen molar-refractivity contribution in [2.24, 2.45) is 5.73 Å². The maximum absolute atomic E-state index is 12.6. The van der Waals surface area contributed by atoms with Crippen LogP contribution in [-0.2, 0) is 26.0 Å². The first-order valence-electron chi connectivity index (χ1n) is 6.83. The second kappa shape index (κ2) is 9.11. The van der Waals surface area contributed by atoms with Gasteiger partial charge in [0.1, 0.15) is 0 Å². The molecule has 6 nitrogen and oxygen atoms in total. The van der Waals surface area contributed by atoms with E-state index in [1.807, 2.05) is 0 Å². The van der Waals surface area contributed by atoms with Gasteiger partial charge in [-0.1, -0.05) is 12.1 Å². The first kappa shape index (κ1) is 18.1. The highest BCUT2D eigenvalue weighted by Gasteiger charge is 2.23. The molecule has 0 fully saturated rings. The monoisotopic (exact) mass is 316 g/mol. The van der Waals surface area contributed by atoms with E-state index in [-0.39, 0.29) is 4.90 Å². The maximum Gasteiger partial charge on any atom is 0.243 e. The maximum atomic E-state index is 12.6. The summed E-state index contributed by atoms with van der Waals surface area (Å²) < 4.78 is 36.7. The van der Waals surface area contributed by atoms with Crippen LogP contribution in [0.3, 0.4) is 0 Å². The van der Waals surface area contributed by atoms with Crippen molar-refractivity contribution in [3.05, 3.63) is 29.8 Å². The van der Waals surface area contributed by atoms with Gasteiger partial charge < -0.3 is 15.2 Å². The lowest BCUT2D eigenvalue weighted by Gasteiger charge is -2.22. The predicted octanol–water partition coefficient (Wildman–Crippen LogP) is 0.819. The van der Waals surface area contributed by atoms with E-state index < -0.39 is 10.0 Å². The van der Waals surface area contributed by atoms with Gasteiger partial charge in [0.05, 0.1) is 11.5 Å². The number of rotatable bonds is 10. The Labute approximate surface area is 126 Å². The quantitative estimate of drug-likeness (QED) is 0.646. The Balaban J connectivity index is 2.89. The minimum atomic E-state index is -3.52. The van der Waals surface area contributed by atoms with Crippen molar-refractivity contribution in [3.63, 3.8) is 0 Å². The van der Waals surface area contributed by atoms with Crippen LogP contribution < -0.4 is 5.73 Å². The molecule has 0 radical (unpaired) electrons. The molecule has 2 N–H and O–H groups in total. The molecular weight excluding hydrogens is 292 g/mol. The van der Waals surface area contributed by atoms with Gasteiger partial charge in [-0.05, 0) is 24.1 Å². The van der Waals surface area contributed by atoms with E-state index in [2.05, 4.69) is 0 Å². The van der Waals surface area contributed by atoms with Crippen LogP contribution in [0.2, 0.25) is 0 Å². The van der Waals surface area contributed by atoms with Gasteiger partial charge in [0, 0.05) is 40.5 Å². The van der Waals surface area contributed by atoms with Crippen molar-refractivity contribution >= 4 is 10.0 Å². The van der Waals surface area contributed by atoms with Crippen LogP contribution in [0.15, 0.2) is 29.2 Å². The molecule has 0 aliphatic heterocycles. The highest BCUT2D eigenvalue weighted by Crippen LogP contribution is 2.16. The number of ether oxygens (including phenoxy) is 2. The Kier molecular flexibility index (Phi) is 7.84. The van der Waals surface area contributed by atoms with E-state index in [1.165, 1.54) is 4.31 Å². The molecule has 0 saturated carbocycles. The topological polar surface area (TPSA) is 81.9 Å². The fraction of sp³-hybridized carbons (Fsp3) is 0.571. The first-order valence-corrected chi connectivity index (χ1v) is 8.27. The second-order valence-electron chi connectivity index (χ2n) is 4.59. The zero-order valence-corrected chi connectivity index (χ0v) is 13.4. The average molecular weight is 316 g/mol. The van der Waals surface area contributed by atoms with Gasteiger partial charge in [-0.2, -0.15) is 4.31 Å². The highest BCUT2D eigenvalue weighted by molar-refractivity contribution is 7.89. The molecule has 1 aromatic rings. The Bertz CT molecular complexity index is 502. The van der Waals surface area contributed by atoms with E-state index in [9.17, 15) is 8.42 Å². The van der Waals surface area contributed by atoms with Gasteiger partial charge in [-0.15, -0.1) is 0 Å². The average Bonchev–Trinajstić information content (AvgIpc) is 2.50. The zero-order chi connectivity index (χ0) is 15.7. The highest BCUT2D eigenvalue weighted by atomic mass is 32.2. The van der Waals surface area contributed by atoms with E-state index in [4.69, 9.17) is 15.2 Å². The van der Waals surface area contributed by atoms with Crippen LogP contribution in [0.1, 0.15) is 12.0 Å². The summed E-state index contributed by atoms with van der Waals surface area (Å²) in [5.74, 6) is 0. The molecule has 0 spiro atoms. The molecule has 0 heterocycles. The van der Waals surface area contributed by atoms with Crippen LogP contribution in [-0.4, -0.2) is 53.2 Å². The standard InChI is InChI=1S/C14H24N2O4S/c1-19-10-3-8-16(9-11-20-2)21(17,18)14-6-4-13(12-15)5-7-14/h4-7H,3,8-12,15H2,1-2H3. The lowest BCUT2D eigenvalue weighted by molar-refractivity contribution is 0.164. The number of sulfonamides is 1. The number of methoxy groups -OCH3 is 2. The Morgan fingerprint density at radius 2 is 1.67 bits per heavy atom. The lowest BCUT2D eigenvalue weighted by Crippen LogP contribution is -2.35. The van der Waals surface area contributed by atoms with Crippen LogP contribution in [0.4, 0.5) is 0 Å². The molecule has 0 atom stereocenters. The molecule has 0 aromatic heterocycles. The molecule has 7 heteroatoms. The van der Waals surface area contributed by atoms with Crippen LogP contribution in [0.5, 0.6) is 0 Å². The molecule has 0 saturated heterocycles. The third-order valence-electron chi connectivity index (χ3n) is 3.10. The van der Waals surface area contributed by atoms with Crippen LogP contribution in [0.25, 0.3) is 0 Å². The number of hydrogen-bond donors (Lipinski definition) is 1. The summed E-state index contributed by atoms with van der Waals surface area (Å²) in [6, 6.07) is 6.65. The van der Waals surface area contributed by atoms with Gasteiger partial charge in [0.2, 0.25) is 10.0 Å². The van der Waals surface area contributed by atoms with E-state index in [0.29, 0.717) is 39.3 Å². The molecule has 120 valence electrons. The molecule has 0 unspecified atom stereocenters. The van der Waals surface area contributed by atoms with Crippen molar-refractivity contribution in [2.75, 3.05) is 40.5 Å². The van der Waals surface area contributed by atoms with E-state index >= 15 is 0 Å². The fourth-order valence-corrected chi connectivity index (χ4v) is 3.34. The number of nitrogens with two attached hydrogens (primary N) is 1. The third-order valence-corrected chi connectivity index (χ3v) is 5.01. The van der Waals surface area contributed by atoms with Crippen LogP contribution >= 0.6 is 0 Å². The predicted molar refractivity (Wildman–Crippen MR) is 81.5 cm³/mol. The molecule has 0 aliphatic rings. The molecule has 1 aromatic carbocycles. The third kappa shape index (κ3) is 5.37. The van der Waals surface area contributed by atoms with Crippen molar-refractivity contribution in [1.29, 1.82) is 0 Å². The minimum Gasteiger partial charge on any atom is -0.385 e. The minimum absolute atomic E-state index is 0.271. The van der Waals surface area contributed by atoms with Crippen molar-refractivity contribution < 1.29 is 17.9 Å². The SMILES string of the molecule is COCCCN(CCOC)S(=O)(=O)c1ccc(CN)cc1. The largest absolute Gasteiger partial charge is 0.385 e. The van der Waals surface area contributed by atoms with E-state index in [0.717, 1.165) is 5.56 Å². The van der Waals surface area contributed by atoms with Gasteiger partial charge in [0.15, 0.2) is 0 Å². The van der Waals surface area contributed by atoms with Gasteiger partial charge in [0.25, 0.3) is 0 Å². The van der Waals surface area contributed by atoms with Crippen molar-refractivity contribution in [3.8, 4) is 0 Å². The fourth-order valence-electron chi connectivity index (χ4n) is 1.88. The van der Waals surface area contributed by atoms with E-state index in [1.54, 1.807) is 38.5 Å². The number of hydrogen-bond acceptors (Lipinski definition) is 5. The first-order chi connectivity index (χ1) is 10.1. The summed E-state index contributed by atoms with van der Waals surface area (Å²) in [4.78, 5) is 0.271. The summed E-state index contributed by atoms with van der Waals surface area (Å²) >= 11 is 0. The van der Waals surface area contributed by atoms with Gasteiger partial charge in [-0.25, -0.2) is 8.42 Å². The van der Waals surface area contributed by atoms with Crippen molar-refractivity contribution in [2.45, 2.75) is 17.9 Å². The molecule has 0 amide bonds. The summed E-state index contributed by atoms with van der Waals surface area (Å²) in [6.07, 6.45) is 0.639. The Morgan fingerprint density at radius 3 is 2.19 bits per heavy atom. The second-order valence-corrected chi connectivity index (χ2v) is 6.53. The molecule has 0 aliphatic carbocycles. The Hall–Kier alpha value is -0.990. The summed E-state index contributed by atoms with van der Waals surface area (Å²) in [5.41, 5.74) is 6.43. The molecule has 21 heavy (non-hydrogen) atoms. The van der Waals surface area contributed by atoms with Gasteiger partial charge in [-0.3, -0.25) is 0 Å². The summed E-state index contributed by atoms with van der Waals surface area (Å²) in [6.45, 7) is 1.99. The summed E-state index contributed by atoms with van der Waals surface area (Å²) in [7, 11) is -0.373. The molecule has 1 rings (SSSR count). The molecule has 0 bridgehead atoms.